The number of rotatable bonds is 8. The number of sulfone groups is 1. The summed E-state index contributed by atoms with van der Waals surface area (Å²) in [6.45, 7) is 8.32. The van der Waals surface area contributed by atoms with Gasteiger partial charge in [-0.25, -0.2) is 8.42 Å². The molecule has 4 nitrogen and oxygen atoms in total. The van der Waals surface area contributed by atoms with E-state index < -0.39 is 9.84 Å². The van der Waals surface area contributed by atoms with Crippen molar-refractivity contribution >= 4 is 16.1 Å². The highest BCUT2D eigenvalue weighted by Gasteiger charge is 2.43. The van der Waals surface area contributed by atoms with Crippen LogP contribution in [0.5, 0.6) is 0 Å². The van der Waals surface area contributed by atoms with E-state index >= 15 is 0 Å². The number of aryl methyl sites for hydroxylation is 1. The molecule has 0 bridgehead atoms. The Bertz CT molecular complexity index is 665. The van der Waals surface area contributed by atoms with Gasteiger partial charge in [-0.2, -0.15) is 0 Å². The minimum atomic E-state index is -3.40. The molecule has 0 radical (unpaired) electrons. The molecule has 1 aromatic rings. The van der Waals surface area contributed by atoms with Gasteiger partial charge in [0.2, 0.25) is 0 Å². The van der Waals surface area contributed by atoms with Crippen molar-refractivity contribution in [3.05, 3.63) is 29.8 Å². The molecule has 0 amide bonds. The maximum Gasteiger partial charge on any atom is 0.178 e. The second-order valence-corrected chi connectivity index (χ2v) is 9.52. The molecule has 0 N–H and O–H groups in total. The Labute approximate surface area is 151 Å². The topological polar surface area (TPSA) is 60.4 Å². The van der Waals surface area contributed by atoms with Crippen molar-refractivity contribution < 1.29 is 17.9 Å². The zero-order valence-electron chi connectivity index (χ0n) is 15.6. The average molecular weight is 367 g/mol. The molecule has 0 unspecified atom stereocenters. The van der Waals surface area contributed by atoms with E-state index in [-0.39, 0.29) is 36.2 Å². The van der Waals surface area contributed by atoms with Crippen LogP contribution in [0.1, 0.15) is 45.6 Å². The Morgan fingerprint density at radius 2 is 1.84 bits per heavy atom. The van der Waals surface area contributed by atoms with Gasteiger partial charge in [0.15, 0.2) is 9.84 Å². The molecule has 1 heterocycles. The first-order chi connectivity index (χ1) is 11.8. The van der Waals surface area contributed by atoms with Crippen LogP contribution in [0.15, 0.2) is 29.2 Å². The van der Waals surface area contributed by atoms with E-state index in [1.165, 1.54) is 0 Å². The summed E-state index contributed by atoms with van der Waals surface area (Å²) in [5, 5.41) is 0. The molecule has 1 aromatic carbocycles. The summed E-state index contributed by atoms with van der Waals surface area (Å²) in [5.41, 5.74) is 1.03. The molecule has 1 saturated heterocycles. The molecule has 25 heavy (non-hydrogen) atoms. The highest BCUT2D eigenvalue weighted by Crippen LogP contribution is 2.38. The molecular formula is C20H30O4S. The summed E-state index contributed by atoms with van der Waals surface area (Å²) in [7, 11) is -3.40. The first kappa shape index (κ1) is 20.1. The predicted molar refractivity (Wildman–Crippen MR) is 99.3 cm³/mol. The maximum absolute atomic E-state index is 12.8. The van der Waals surface area contributed by atoms with Crippen LogP contribution in [-0.2, 0) is 19.4 Å². The van der Waals surface area contributed by atoms with E-state index in [4.69, 9.17) is 4.74 Å². The van der Waals surface area contributed by atoms with Gasteiger partial charge in [-0.1, -0.05) is 44.9 Å². The van der Waals surface area contributed by atoms with Crippen LogP contribution >= 0.6 is 0 Å². The molecule has 0 aliphatic carbocycles. The second kappa shape index (κ2) is 8.45. The van der Waals surface area contributed by atoms with Gasteiger partial charge >= 0.3 is 0 Å². The van der Waals surface area contributed by atoms with Gasteiger partial charge in [0, 0.05) is 12.3 Å². The Hall–Kier alpha value is -1.20. The van der Waals surface area contributed by atoms with Gasteiger partial charge in [-0.3, -0.25) is 0 Å². The van der Waals surface area contributed by atoms with E-state index in [0.717, 1.165) is 24.7 Å². The molecule has 0 aromatic heterocycles. The standard InChI is InChI=1S/C20H30O4S/c1-5-14(2)12-20-16(4)18(19(24-20)10-11-21)13-25(22,23)17-8-6-15(3)7-9-17/h6-9,11,14,16,18-20H,5,10,12-13H2,1-4H3/t14-,16+,18-,19+,20-/m1/s1. The third kappa shape index (κ3) is 4.91. The summed E-state index contributed by atoms with van der Waals surface area (Å²) in [4.78, 5) is 11.4. The van der Waals surface area contributed by atoms with E-state index in [2.05, 4.69) is 20.8 Å². The van der Waals surface area contributed by atoms with Crippen molar-refractivity contribution in [2.45, 2.75) is 64.1 Å². The van der Waals surface area contributed by atoms with Crippen LogP contribution in [0.4, 0.5) is 0 Å². The van der Waals surface area contributed by atoms with Crippen LogP contribution in [0.2, 0.25) is 0 Å². The van der Waals surface area contributed by atoms with Crippen LogP contribution < -0.4 is 0 Å². The summed E-state index contributed by atoms with van der Waals surface area (Å²) >= 11 is 0. The number of carbonyl (C=O) groups excluding carboxylic acids is 1. The van der Waals surface area contributed by atoms with Crippen LogP contribution in [-0.4, -0.2) is 32.7 Å². The van der Waals surface area contributed by atoms with Gasteiger partial charge in [0.1, 0.15) is 6.29 Å². The van der Waals surface area contributed by atoms with Crippen molar-refractivity contribution in [1.29, 1.82) is 0 Å². The largest absolute Gasteiger partial charge is 0.374 e. The van der Waals surface area contributed by atoms with E-state index in [1.807, 2.05) is 19.1 Å². The lowest BCUT2D eigenvalue weighted by Crippen LogP contribution is -2.28. The SMILES string of the molecule is CC[C@@H](C)C[C@H]1O[C@@H](CC=O)[C@H](CS(=O)(=O)c2ccc(C)cc2)[C@@H]1C. The van der Waals surface area contributed by atoms with Gasteiger partial charge in [-0.05, 0) is 37.3 Å². The van der Waals surface area contributed by atoms with E-state index in [1.54, 1.807) is 12.1 Å². The average Bonchev–Trinajstić information content (AvgIpc) is 2.84. The molecule has 140 valence electrons. The summed E-state index contributed by atoms with van der Waals surface area (Å²) in [5.74, 6) is 0.536. The van der Waals surface area contributed by atoms with E-state index in [9.17, 15) is 13.2 Å². The quantitative estimate of drug-likeness (QED) is 0.656. The van der Waals surface area contributed by atoms with Gasteiger partial charge in [-0.15, -0.1) is 0 Å². The lowest BCUT2D eigenvalue weighted by atomic mass is 9.85. The molecule has 1 aliphatic rings. The molecule has 1 aliphatic heterocycles. The van der Waals surface area contributed by atoms with Crippen LogP contribution in [0, 0.1) is 24.7 Å². The third-order valence-electron chi connectivity index (χ3n) is 5.54. The van der Waals surface area contributed by atoms with Crippen molar-refractivity contribution in [2.75, 3.05) is 5.75 Å². The fourth-order valence-corrected chi connectivity index (χ4v) is 5.34. The second-order valence-electron chi connectivity index (χ2n) is 7.48. The predicted octanol–water partition coefficient (Wildman–Crippen LogP) is 3.81. The lowest BCUT2D eigenvalue weighted by Gasteiger charge is -2.21. The summed E-state index contributed by atoms with van der Waals surface area (Å²) in [6.07, 6.45) is 2.80. The summed E-state index contributed by atoms with van der Waals surface area (Å²) in [6, 6.07) is 6.96. The molecule has 5 heteroatoms. The Balaban J connectivity index is 2.19. The lowest BCUT2D eigenvalue weighted by molar-refractivity contribution is -0.110. The Morgan fingerprint density at radius 3 is 2.40 bits per heavy atom. The monoisotopic (exact) mass is 366 g/mol. The van der Waals surface area contributed by atoms with E-state index in [0.29, 0.717) is 10.8 Å². The summed E-state index contributed by atoms with van der Waals surface area (Å²) < 4.78 is 31.8. The fraction of sp³-hybridized carbons (Fsp3) is 0.650. The minimum absolute atomic E-state index is 0.0260. The zero-order valence-corrected chi connectivity index (χ0v) is 16.5. The maximum atomic E-state index is 12.8. The number of benzene rings is 1. The number of hydrogen-bond donors (Lipinski definition) is 0. The van der Waals surface area contributed by atoms with Crippen molar-refractivity contribution in [3.63, 3.8) is 0 Å². The molecule has 1 fully saturated rings. The highest BCUT2D eigenvalue weighted by atomic mass is 32.2. The first-order valence-electron chi connectivity index (χ1n) is 9.17. The van der Waals surface area contributed by atoms with Gasteiger partial charge < -0.3 is 9.53 Å². The van der Waals surface area contributed by atoms with Crippen LogP contribution in [0.3, 0.4) is 0 Å². The van der Waals surface area contributed by atoms with Crippen LogP contribution in [0.25, 0.3) is 0 Å². The molecule has 5 atom stereocenters. The number of aldehydes is 1. The van der Waals surface area contributed by atoms with Gasteiger partial charge in [0.25, 0.3) is 0 Å². The minimum Gasteiger partial charge on any atom is -0.374 e. The van der Waals surface area contributed by atoms with Crippen molar-refractivity contribution in [3.8, 4) is 0 Å². The number of hydrogen-bond acceptors (Lipinski definition) is 4. The first-order valence-corrected chi connectivity index (χ1v) is 10.8. The normalized spacial score (nSPS) is 28.0. The fourth-order valence-electron chi connectivity index (χ4n) is 3.58. The highest BCUT2D eigenvalue weighted by molar-refractivity contribution is 7.91. The smallest absolute Gasteiger partial charge is 0.178 e. The number of carbonyl (C=O) groups is 1. The molecule has 0 saturated carbocycles. The van der Waals surface area contributed by atoms with Crippen molar-refractivity contribution in [1.82, 2.24) is 0 Å². The Kier molecular flexibility index (Phi) is 6.80. The van der Waals surface area contributed by atoms with Gasteiger partial charge in [0.05, 0.1) is 22.9 Å². The molecule has 2 rings (SSSR count). The zero-order chi connectivity index (χ0) is 18.6. The third-order valence-corrected chi connectivity index (χ3v) is 7.36. The molecular weight excluding hydrogens is 336 g/mol. The molecule has 0 spiro atoms. The number of ether oxygens (including phenoxy) is 1. The van der Waals surface area contributed by atoms with Crippen molar-refractivity contribution in [2.24, 2.45) is 17.8 Å². The Morgan fingerprint density at radius 1 is 1.20 bits per heavy atom.